The molecular formula is C9H15NO5. The van der Waals surface area contributed by atoms with Gasteiger partial charge in [0.05, 0.1) is 13.2 Å². The van der Waals surface area contributed by atoms with Crippen LogP contribution in [0.15, 0.2) is 0 Å². The summed E-state index contributed by atoms with van der Waals surface area (Å²) in [6, 6.07) is -0.687. The quantitative estimate of drug-likeness (QED) is 0.599. The third-order valence-electron chi connectivity index (χ3n) is 2.34. The highest BCUT2D eigenvalue weighted by molar-refractivity contribution is 5.85. The number of β-amino-alcohol motifs (C(OH)–C–C–N with tert-alkyl or cyclic N) is 1. The summed E-state index contributed by atoms with van der Waals surface area (Å²) >= 11 is 0. The Morgan fingerprint density at radius 2 is 2.13 bits per heavy atom. The van der Waals surface area contributed by atoms with Gasteiger partial charge in [0.15, 0.2) is 0 Å². The molecule has 1 amide bonds. The maximum atomic E-state index is 11.5. The monoisotopic (exact) mass is 217 g/mol. The molecule has 1 rings (SSSR count). The molecular weight excluding hydrogens is 202 g/mol. The van der Waals surface area contributed by atoms with Gasteiger partial charge >= 0.3 is 5.97 Å². The van der Waals surface area contributed by atoms with Crippen LogP contribution in [-0.4, -0.2) is 61.4 Å². The van der Waals surface area contributed by atoms with E-state index >= 15 is 0 Å². The van der Waals surface area contributed by atoms with Gasteiger partial charge in [-0.2, -0.15) is 0 Å². The van der Waals surface area contributed by atoms with Crippen molar-refractivity contribution < 1.29 is 24.2 Å². The predicted octanol–water partition coefficient (Wildman–Crippen LogP) is -1.23. The van der Waals surface area contributed by atoms with E-state index in [9.17, 15) is 14.7 Å². The summed E-state index contributed by atoms with van der Waals surface area (Å²) in [6.07, 6.45) is -0.447. The number of aliphatic hydroxyl groups excluding tert-OH is 1. The molecule has 0 radical (unpaired) electrons. The molecule has 86 valence electrons. The van der Waals surface area contributed by atoms with Crippen molar-refractivity contribution in [1.82, 2.24) is 4.90 Å². The van der Waals surface area contributed by atoms with Gasteiger partial charge in [-0.05, 0) is 0 Å². The first-order valence-electron chi connectivity index (χ1n) is 4.64. The molecule has 2 unspecified atom stereocenters. The van der Waals surface area contributed by atoms with Gasteiger partial charge in [0.2, 0.25) is 5.91 Å². The third-order valence-corrected chi connectivity index (χ3v) is 2.34. The number of carbonyl (C=O) groups excluding carboxylic acids is 2. The number of carbonyl (C=O) groups is 2. The summed E-state index contributed by atoms with van der Waals surface area (Å²) in [5, 5.41) is 9.39. The lowest BCUT2D eigenvalue weighted by atomic mass is 10.2. The number of nitrogens with zero attached hydrogens (tertiary/aromatic N) is 1. The number of esters is 1. The molecule has 0 spiro atoms. The van der Waals surface area contributed by atoms with Crippen molar-refractivity contribution in [2.75, 3.05) is 27.4 Å². The van der Waals surface area contributed by atoms with Crippen LogP contribution >= 0.6 is 0 Å². The van der Waals surface area contributed by atoms with Crippen LogP contribution in [0.5, 0.6) is 0 Å². The Morgan fingerprint density at radius 3 is 2.67 bits per heavy atom. The van der Waals surface area contributed by atoms with Crippen molar-refractivity contribution in [2.45, 2.75) is 18.6 Å². The molecule has 0 aromatic heterocycles. The molecule has 1 fully saturated rings. The van der Waals surface area contributed by atoms with Crippen LogP contribution < -0.4 is 0 Å². The number of rotatable bonds is 3. The number of hydrogen-bond acceptors (Lipinski definition) is 5. The molecule has 6 nitrogen and oxygen atoms in total. The van der Waals surface area contributed by atoms with E-state index in [4.69, 9.17) is 0 Å². The topological polar surface area (TPSA) is 76.1 Å². The smallest absolute Gasteiger partial charge is 0.328 e. The summed E-state index contributed by atoms with van der Waals surface area (Å²) in [7, 11) is 2.66. The Balaban J connectivity index is 2.68. The van der Waals surface area contributed by atoms with Crippen LogP contribution in [0.25, 0.3) is 0 Å². The molecule has 1 heterocycles. The molecule has 6 heteroatoms. The molecule has 0 aromatic rings. The standard InChI is InChI=1S/C9H15NO5/c1-14-5-8(12)10-4-6(11)3-7(10)9(13)15-2/h6-7,11H,3-5H2,1-2H3. The van der Waals surface area contributed by atoms with E-state index in [1.54, 1.807) is 0 Å². The Bertz CT molecular complexity index is 255. The van der Waals surface area contributed by atoms with Gasteiger partial charge in [0.25, 0.3) is 0 Å². The molecule has 0 saturated carbocycles. The van der Waals surface area contributed by atoms with E-state index in [2.05, 4.69) is 9.47 Å². The maximum Gasteiger partial charge on any atom is 0.328 e. The summed E-state index contributed by atoms with van der Waals surface area (Å²) in [4.78, 5) is 24.1. The highest BCUT2D eigenvalue weighted by atomic mass is 16.5. The highest BCUT2D eigenvalue weighted by Crippen LogP contribution is 2.19. The molecule has 15 heavy (non-hydrogen) atoms. The van der Waals surface area contributed by atoms with Gasteiger partial charge in [-0.25, -0.2) is 4.79 Å². The minimum absolute atomic E-state index is 0.0970. The highest BCUT2D eigenvalue weighted by Gasteiger charge is 2.39. The van der Waals surface area contributed by atoms with Gasteiger partial charge in [0, 0.05) is 20.1 Å². The van der Waals surface area contributed by atoms with Gasteiger partial charge in [-0.1, -0.05) is 0 Å². The van der Waals surface area contributed by atoms with E-state index in [0.29, 0.717) is 0 Å². The lowest BCUT2D eigenvalue weighted by Gasteiger charge is -2.21. The maximum absolute atomic E-state index is 11.5. The van der Waals surface area contributed by atoms with Gasteiger partial charge in [0.1, 0.15) is 12.6 Å². The first kappa shape index (κ1) is 11.9. The van der Waals surface area contributed by atoms with E-state index in [0.717, 1.165) is 0 Å². The van der Waals surface area contributed by atoms with Crippen LogP contribution in [0.2, 0.25) is 0 Å². The van der Waals surface area contributed by atoms with Crippen molar-refractivity contribution in [1.29, 1.82) is 0 Å². The predicted molar refractivity (Wildman–Crippen MR) is 50.0 cm³/mol. The third kappa shape index (κ3) is 2.66. The number of amides is 1. The summed E-state index contributed by atoms with van der Waals surface area (Å²) < 4.78 is 9.24. The Hall–Kier alpha value is -1.14. The molecule has 1 saturated heterocycles. The molecule has 2 atom stereocenters. The number of aliphatic hydroxyl groups is 1. The second kappa shape index (κ2) is 5.09. The zero-order valence-corrected chi connectivity index (χ0v) is 8.80. The second-order valence-electron chi connectivity index (χ2n) is 3.41. The lowest BCUT2D eigenvalue weighted by molar-refractivity contribution is -0.152. The normalized spacial score (nSPS) is 25.4. The average Bonchev–Trinajstić information content (AvgIpc) is 2.59. The number of hydrogen-bond donors (Lipinski definition) is 1. The molecule has 0 aromatic carbocycles. The summed E-state index contributed by atoms with van der Waals surface area (Å²) in [6.45, 7) is 0.0577. The van der Waals surface area contributed by atoms with E-state index in [1.165, 1.54) is 19.1 Å². The molecule has 1 N–H and O–H groups in total. The molecule has 0 aliphatic carbocycles. The van der Waals surface area contributed by atoms with E-state index < -0.39 is 18.1 Å². The Kier molecular flexibility index (Phi) is 4.05. The SMILES string of the molecule is COCC(=O)N1CC(O)CC1C(=O)OC. The lowest BCUT2D eigenvalue weighted by Crippen LogP contribution is -2.42. The average molecular weight is 217 g/mol. The molecule has 1 aliphatic rings. The fourth-order valence-electron chi connectivity index (χ4n) is 1.66. The van der Waals surface area contributed by atoms with E-state index in [1.807, 2.05) is 0 Å². The zero-order valence-electron chi connectivity index (χ0n) is 8.80. The van der Waals surface area contributed by atoms with Crippen molar-refractivity contribution in [3.63, 3.8) is 0 Å². The minimum atomic E-state index is -0.687. The van der Waals surface area contributed by atoms with Crippen LogP contribution in [0, 0.1) is 0 Å². The molecule has 1 aliphatic heterocycles. The van der Waals surface area contributed by atoms with Crippen molar-refractivity contribution >= 4 is 11.9 Å². The van der Waals surface area contributed by atoms with Crippen molar-refractivity contribution in [3.8, 4) is 0 Å². The van der Waals surface area contributed by atoms with Crippen molar-refractivity contribution in [3.05, 3.63) is 0 Å². The van der Waals surface area contributed by atoms with Crippen LogP contribution in [0.3, 0.4) is 0 Å². The minimum Gasteiger partial charge on any atom is -0.467 e. The number of methoxy groups -OCH3 is 2. The van der Waals surface area contributed by atoms with Crippen LogP contribution in [0.1, 0.15) is 6.42 Å². The number of ether oxygens (including phenoxy) is 2. The molecule has 0 bridgehead atoms. The van der Waals surface area contributed by atoms with Crippen LogP contribution in [0.4, 0.5) is 0 Å². The zero-order chi connectivity index (χ0) is 11.4. The summed E-state index contributed by atoms with van der Waals surface area (Å²) in [5.74, 6) is -0.819. The fourth-order valence-corrected chi connectivity index (χ4v) is 1.66. The number of likely N-dealkylation sites (tertiary alicyclic amines) is 1. The van der Waals surface area contributed by atoms with Crippen molar-refractivity contribution in [2.24, 2.45) is 0 Å². The largest absolute Gasteiger partial charge is 0.467 e. The Labute approximate surface area is 87.8 Å². The Morgan fingerprint density at radius 1 is 1.47 bits per heavy atom. The second-order valence-corrected chi connectivity index (χ2v) is 3.41. The fraction of sp³-hybridized carbons (Fsp3) is 0.778. The summed E-state index contributed by atoms with van der Waals surface area (Å²) in [5.41, 5.74) is 0. The first-order valence-corrected chi connectivity index (χ1v) is 4.64. The first-order chi connectivity index (χ1) is 7.10. The van der Waals surface area contributed by atoms with Gasteiger partial charge in [-0.15, -0.1) is 0 Å². The van der Waals surface area contributed by atoms with Gasteiger partial charge < -0.3 is 19.5 Å². The van der Waals surface area contributed by atoms with E-state index in [-0.39, 0.29) is 25.5 Å². The van der Waals surface area contributed by atoms with Crippen LogP contribution in [-0.2, 0) is 19.1 Å². The van der Waals surface area contributed by atoms with Gasteiger partial charge in [-0.3, -0.25) is 4.79 Å².